The Morgan fingerprint density at radius 1 is 1.36 bits per heavy atom. The Balaban J connectivity index is 1.52. The fourth-order valence-corrected chi connectivity index (χ4v) is 3.04. The van der Waals surface area contributed by atoms with Crippen molar-refractivity contribution in [3.63, 3.8) is 0 Å². The average molecular weight is 321 g/mol. The molecule has 1 fully saturated rings. The molecule has 1 aromatic heterocycles. The van der Waals surface area contributed by atoms with Crippen molar-refractivity contribution >= 4 is 11.6 Å². The number of aromatic nitrogens is 3. The van der Waals surface area contributed by atoms with Crippen LogP contribution in [-0.4, -0.2) is 39.4 Å². The lowest BCUT2D eigenvalue weighted by atomic mass is 9.99. The zero-order valence-electron chi connectivity index (χ0n) is 12.8. The summed E-state index contributed by atoms with van der Waals surface area (Å²) in [6.45, 7) is 3.69. The zero-order chi connectivity index (χ0) is 15.4. The third-order valence-corrected chi connectivity index (χ3v) is 4.40. The van der Waals surface area contributed by atoms with Gasteiger partial charge >= 0.3 is 0 Å². The number of nitrogens with zero attached hydrogens (tertiary/aromatic N) is 4. The lowest BCUT2D eigenvalue weighted by molar-refractivity contribution is 0.122. The van der Waals surface area contributed by atoms with Gasteiger partial charge in [-0.3, -0.25) is 4.90 Å². The summed E-state index contributed by atoms with van der Waals surface area (Å²) in [5.74, 6) is 2.31. The molecule has 2 aromatic rings. The fraction of sp³-hybridized carbons (Fsp3) is 0.500. The summed E-state index contributed by atoms with van der Waals surface area (Å²) < 4.78 is 7.87. The maximum absolute atomic E-state index is 6.13. The van der Waals surface area contributed by atoms with E-state index in [0.717, 1.165) is 31.2 Å². The first kappa shape index (κ1) is 15.3. The zero-order valence-corrected chi connectivity index (χ0v) is 13.5. The number of piperidine rings is 1. The summed E-state index contributed by atoms with van der Waals surface area (Å²) in [5.41, 5.74) is 0. The quantitative estimate of drug-likeness (QED) is 0.849. The number of aryl methyl sites for hydroxylation is 1. The number of hydrogen-bond acceptors (Lipinski definition) is 4. The lowest BCUT2D eigenvalue weighted by Gasteiger charge is -2.32. The van der Waals surface area contributed by atoms with Gasteiger partial charge in [0.15, 0.2) is 0 Å². The van der Waals surface area contributed by atoms with Gasteiger partial charge < -0.3 is 9.30 Å². The van der Waals surface area contributed by atoms with Gasteiger partial charge in [0.2, 0.25) is 0 Å². The van der Waals surface area contributed by atoms with Crippen molar-refractivity contribution < 1.29 is 4.74 Å². The molecule has 1 aromatic carbocycles. The number of para-hydroxylation sites is 1. The molecule has 0 amide bonds. The Morgan fingerprint density at radius 3 is 3.00 bits per heavy atom. The second-order valence-electron chi connectivity index (χ2n) is 5.84. The Labute approximate surface area is 135 Å². The summed E-state index contributed by atoms with van der Waals surface area (Å²) in [6.07, 6.45) is 4.13. The van der Waals surface area contributed by atoms with Crippen LogP contribution in [0.5, 0.6) is 5.75 Å². The van der Waals surface area contributed by atoms with E-state index in [9.17, 15) is 0 Å². The standard InChI is InChI=1S/C16H21ClN4O/c1-20-12-18-19-16(20)10-21-8-4-5-13(9-21)11-22-15-7-3-2-6-14(15)17/h2-3,6-7,12-13H,4-5,8-11H2,1H3/t13-/m1/s1. The number of hydrogen-bond donors (Lipinski definition) is 0. The molecule has 118 valence electrons. The minimum atomic E-state index is 0.526. The first-order valence-corrected chi connectivity index (χ1v) is 8.02. The summed E-state index contributed by atoms with van der Waals surface area (Å²) in [4.78, 5) is 2.42. The molecule has 6 heteroatoms. The molecular formula is C16H21ClN4O. The maximum Gasteiger partial charge on any atom is 0.146 e. The number of rotatable bonds is 5. The van der Waals surface area contributed by atoms with Gasteiger partial charge in [0.05, 0.1) is 18.2 Å². The van der Waals surface area contributed by atoms with E-state index in [1.54, 1.807) is 6.33 Å². The molecule has 1 atom stereocenters. The van der Waals surface area contributed by atoms with Crippen LogP contribution >= 0.6 is 11.6 Å². The van der Waals surface area contributed by atoms with Gasteiger partial charge in [-0.05, 0) is 31.5 Å². The van der Waals surface area contributed by atoms with Crippen molar-refractivity contribution in [1.29, 1.82) is 0 Å². The first-order chi connectivity index (χ1) is 10.7. The molecule has 1 aliphatic heterocycles. The van der Waals surface area contributed by atoms with E-state index >= 15 is 0 Å². The minimum Gasteiger partial charge on any atom is -0.492 e. The van der Waals surface area contributed by atoms with Crippen LogP contribution in [-0.2, 0) is 13.6 Å². The SMILES string of the molecule is Cn1cnnc1CN1CCC[C@@H](COc2ccccc2Cl)C1. The molecule has 0 spiro atoms. The molecular weight excluding hydrogens is 300 g/mol. The van der Waals surface area contributed by atoms with Gasteiger partial charge in [-0.1, -0.05) is 23.7 Å². The van der Waals surface area contributed by atoms with Crippen molar-refractivity contribution in [2.75, 3.05) is 19.7 Å². The topological polar surface area (TPSA) is 43.2 Å². The van der Waals surface area contributed by atoms with Gasteiger partial charge in [0, 0.05) is 19.5 Å². The van der Waals surface area contributed by atoms with E-state index in [4.69, 9.17) is 16.3 Å². The molecule has 2 heterocycles. The summed E-state index contributed by atoms with van der Waals surface area (Å²) in [7, 11) is 1.98. The van der Waals surface area contributed by atoms with Gasteiger partial charge in [0.1, 0.15) is 17.9 Å². The van der Waals surface area contributed by atoms with Crippen LogP contribution in [0.2, 0.25) is 5.02 Å². The van der Waals surface area contributed by atoms with E-state index in [-0.39, 0.29) is 0 Å². The molecule has 3 rings (SSSR count). The molecule has 0 radical (unpaired) electrons. The number of likely N-dealkylation sites (tertiary alicyclic amines) is 1. The molecule has 1 saturated heterocycles. The smallest absolute Gasteiger partial charge is 0.146 e. The molecule has 0 unspecified atom stereocenters. The first-order valence-electron chi connectivity index (χ1n) is 7.65. The predicted molar refractivity (Wildman–Crippen MR) is 86.0 cm³/mol. The highest BCUT2D eigenvalue weighted by Gasteiger charge is 2.22. The molecule has 0 saturated carbocycles. The van der Waals surface area contributed by atoms with Gasteiger partial charge in [-0.15, -0.1) is 10.2 Å². The lowest BCUT2D eigenvalue weighted by Crippen LogP contribution is -2.37. The van der Waals surface area contributed by atoms with Gasteiger partial charge in [0.25, 0.3) is 0 Å². The van der Waals surface area contributed by atoms with Crippen molar-refractivity contribution in [1.82, 2.24) is 19.7 Å². The minimum absolute atomic E-state index is 0.526. The largest absolute Gasteiger partial charge is 0.492 e. The van der Waals surface area contributed by atoms with Crippen LogP contribution in [0.3, 0.4) is 0 Å². The highest BCUT2D eigenvalue weighted by atomic mass is 35.5. The highest BCUT2D eigenvalue weighted by molar-refractivity contribution is 6.32. The fourth-order valence-electron chi connectivity index (χ4n) is 2.85. The van der Waals surface area contributed by atoms with Crippen molar-refractivity contribution in [3.05, 3.63) is 41.4 Å². The predicted octanol–water partition coefficient (Wildman–Crippen LogP) is 2.76. The van der Waals surface area contributed by atoms with Crippen LogP contribution in [0.1, 0.15) is 18.7 Å². The third kappa shape index (κ3) is 3.78. The Hall–Kier alpha value is -1.59. The van der Waals surface area contributed by atoms with E-state index in [1.807, 2.05) is 35.9 Å². The second kappa shape index (κ2) is 7.11. The molecule has 5 nitrogen and oxygen atoms in total. The highest BCUT2D eigenvalue weighted by Crippen LogP contribution is 2.25. The number of ether oxygens (including phenoxy) is 1. The van der Waals surface area contributed by atoms with Crippen LogP contribution in [0, 0.1) is 5.92 Å². The molecule has 1 aliphatic rings. The molecule has 0 bridgehead atoms. The normalized spacial score (nSPS) is 19.3. The van der Waals surface area contributed by atoms with E-state index in [0.29, 0.717) is 17.5 Å². The third-order valence-electron chi connectivity index (χ3n) is 4.08. The van der Waals surface area contributed by atoms with Crippen LogP contribution in [0.25, 0.3) is 0 Å². The van der Waals surface area contributed by atoms with E-state index in [1.165, 1.54) is 12.8 Å². The molecule has 22 heavy (non-hydrogen) atoms. The Bertz CT molecular complexity index is 616. The summed E-state index contributed by atoms with van der Waals surface area (Å²) in [6, 6.07) is 7.64. The molecule has 0 N–H and O–H groups in total. The molecule has 0 aliphatic carbocycles. The summed E-state index contributed by atoms with van der Waals surface area (Å²) in [5, 5.41) is 8.78. The number of benzene rings is 1. The monoisotopic (exact) mass is 320 g/mol. The van der Waals surface area contributed by atoms with Gasteiger partial charge in [-0.25, -0.2) is 0 Å². The average Bonchev–Trinajstić information content (AvgIpc) is 2.92. The second-order valence-corrected chi connectivity index (χ2v) is 6.25. The van der Waals surface area contributed by atoms with E-state index < -0.39 is 0 Å². The summed E-state index contributed by atoms with van der Waals surface area (Å²) >= 11 is 6.13. The van der Waals surface area contributed by atoms with Crippen LogP contribution in [0.4, 0.5) is 0 Å². The van der Waals surface area contributed by atoms with Crippen LogP contribution in [0.15, 0.2) is 30.6 Å². The van der Waals surface area contributed by atoms with E-state index in [2.05, 4.69) is 15.1 Å². The van der Waals surface area contributed by atoms with Gasteiger partial charge in [-0.2, -0.15) is 0 Å². The maximum atomic E-state index is 6.13. The van der Waals surface area contributed by atoms with Crippen molar-refractivity contribution in [3.8, 4) is 5.75 Å². The number of halogens is 1. The Kier molecular flexibility index (Phi) is 4.95. The van der Waals surface area contributed by atoms with Crippen molar-refractivity contribution in [2.45, 2.75) is 19.4 Å². The van der Waals surface area contributed by atoms with Crippen molar-refractivity contribution in [2.24, 2.45) is 13.0 Å². The Morgan fingerprint density at radius 2 is 2.23 bits per heavy atom. The van der Waals surface area contributed by atoms with Crippen LogP contribution < -0.4 is 4.74 Å².